The van der Waals surface area contributed by atoms with Crippen LogP contribution in [-0.4, -0.2) is 5.55 Å². The van der Waals surface area contributed by atoms with E-state index < -0.39 is 0 Å². The molecule has 0 amide bonds. The number of thioether (sulfide) groups is 1. The van der Waals surface area contributed by atoms with Gasteiger partial charge in [-0.1, -0.05) is 6.58 Å². The van der Waals surface area contributed by atoms with Gasteiger partial charge in [-0.05, 0) is 6.08 Å². The van der Waals surface area contributed by atoms with E-state index in [0.717, 1.165) is 10.6 Å². The minimum atomic E-state index is 1.02. The van der Waals surface area contributed by atoms with Crippen molar-refractivity contribution in [2.24, 2.45) is 4.99 Å². The molecule has 0 aromatic heterocycles. The van der Waals surface area contributed by atoms with Crippen molar-refractivity contribution in [3.8, 4) is 0 Å². The smallest absolute Gasteiger partial charge is 0.0959 e. The van der Waals surface area contributed by atoms with Crippen LogP contribution < -0.4 is 0 Å². The zero-order chi connectivity index (χ0) is 5.98. The second-order valence-electron chi connectivity index (χ2n) is 1.46. The maximum atomic E-state index is 3.91. The first-order valence-corrected chi connectivity index (χ1v) is 3.12. The molecular formula is C6H6NS+. The Morgan fingerprint density at radius 3 is 2.88 bits per heavy atom. The van der Waals surface area contributed by atoms with Crippen LogP contribution in [0.3, 0.4) is 0 Å². The van der Waals surface area contributed by atoms with Gasteiger partial charge < -0.3 is 0 Å². The molecule has 0 spiro atoms. The normalized spacial score (nSPS) is 16.6. The van der Waals surface area contributed by atoms with Crippen LogP contribution in [0, 0.1) is 0 Å². The molecule has 0 aromatic rings. The zero-order valence-electron chi connectivity index (χ0n) is 4.64. The van der Waals surface area contributed by atoms with E-state index in [1.54, 1.807) is 6.08 Å². The molecule has 1 aliphatic heterocycles. The van der Waals surface area contributed by atoms with E-state index >= 15 is 0 Å². The van der Waals surface area contributed by atoms with Gasteiger partial charge in [-0.2, -0.15) is 0 Å². The van der Waals surface area contributed by atoms with Crippen molar-refractivity contribution in [1.82, 2.24) is 0 Å². The summed E-state index contributed by atoms with van der Waals surface area (Å²) in [5.41, 5.74) is 3.79. The molecule has 1 nitrogen and oxygen atoms in total. The van der Waals surface area contributed by atoms with E-state index in [4.69, 9.17) is 0 Å². The fourth-order valence-electron chi connectivity index (χ4n) is 0.459. The van der Waals surface area contributed by atoms with Gasteiger partial charge in [0.2, 0.25) is 5.70 Å². The lowest BCUT2D eigenvalue weighted by Gasteiger charge is -1.74. The van der Waals surface area contributed by atoms with Crippen LogP contribution in [0.4, 0.5) is 0 Å². The third-order valence-electron chi connectivity index (χ3n) is 0.911. The Labute approximate surface area is 53.2 Å². The fraction of sp³-hybridized carbons (Fsp3) is 0.167. The third-order valence-corrected chi connectivity index (χ3v) is 1.78. The summed E-state index contributed by atoms with van der Waals surface area (Å²) in [6.07, 6.45) is 1.80. The Balaban J connectivity index is 2.82. The first kappa shape index (κ1) is 5.54. The number of hydrogen-bond donors (Lipinski definition) is 0. The van der Waals surface area contributed by atoms with Gasteiger partial charge in [0.1, 0.15) is 16.7 Å². The Hall–Kier alpha value is -0.590. The predicted octanol–water partition coefficient (Wildman–Crippen LogP) is 2.06. The van der Waals surface area contributed by atoms with Crippen molar-refractivity contribution in [3.63, 3.8) is 0 Å². The highest BCUT2D eigenvalue weighted by Crippen LogP contribution is 2.24. The van der Waals surface area contributed by atoms with E-state index in [1.165, 1.54) is 11.8 Å². The van der Waals surface area contributed by atoms with E-state index in [1.807, 2.05) is 6.92 Å². The Bertz CT molecular complexity index is 167. The maximum Gasteiger partial charge on any atom is 0.272 e. The quantitative estimate of drug-likeness (QED) is 0.487. The summed E-state index contributed by atoms with van der Waals surface area (Å²) in [7, 11) is 0. The molecule has 1 heterocycles. The first-order chi connectivity index (χ1) is 3.84. The van der Waals surface area contributed by atoms with Gasteiger partial charge in [0.05, 0.1) is 0 Å². The summed E-state index contributed by atoms with van der Waals surface area (Å²) in [6.45, 7) is 5.56. The molecule has 0 saturated carbocycles. The monoisotopic (exact) mass is 124 g/mol. The second kappa shape index (κ2) is 2.12. The molecule has 0 aliphatic carbocycles. The lowest BCUT2D eigenvalue weighted by molar-refractivity contribution is 1.33. The van der Waals surface area contributed by atoms with Gasteiger partial charge in [-0.15, -0.1) is 0 Å². The van der Waals surface area contributed by atoms with E-state index in [0.29, 0.717) is 0 Å². The third kappa shape index (κ3) is 0.808. The van der Waals surface area contributed by atoms with Gasteiger partial charge in [0.25, 0.3) is 5.55 Å². The molecule has 1 aliphatic rings. The van der Waals surface area contributed by atoms with Crippen LogP contribution >= 0.6 is 11.8 Å². The molecule has 1 rings (SSSR count). The molecule has 8 heavy (non-hydrogen) atoms. The van der Waals surface area contributed by atoms with Crippen LogP contribution in [0.5, 0.6) is 0 Å². The predicted molar refractivity (Wildman–Crippen MR) is 37.9 cm³/mol. The van der Waals surface area contributed by atoms with Crippen LogP contribution in [0.2, 0.25) is 0 Å². The van der Waals surface area contributed by atoms with E-state index in [9.17, 15) is 0 Å². The summed E-state index contributed by atoms with van der Waals surface area (Å²) < 4.78 is 0. The highest BCUT2D eigenvalue weighted by molar-refractivity contribution is 8.15. The molecule has 0 fully saturated rings. The molecule has 0 radical (unpaired) electrons. The first-order valence-electron chi connectivity index (χ1n) is 2.30. The Kier molecular flexibility index (Phi) is 1.47. The van der Waals surface area contributed by atoms with E-state index in [-0.39, 0.29) is 0 Å². The fourth-order valence-corrected chi connectivity index (χ4v) is 1.02. The average molecular weight is 124 g/mol. The van der Waals surface area contributed by atoms with Gasteiger partial charge in [0, 0.05) is 11.9 Å². The topological polar surface area (TPSA) is 12.4 Å². The SMILES string of the molecule is C=CC1=C(C)N=[C+]S1. The molecule has 0 N–H and O–H groups in total. The minimum Gasteiger partial charge on any atom is -0.0959 e. The highest BCUT2D eigenvalue weighted by atomic mass is 32.2. The number of aliphatic imine (C=N–C) groups is 1. The van der Waals surface area contributed by atoms with Gasteiger partial charge in [-0.25, -0.2) is 0 Å². The summed E-state index contributed by atoms with van der Waals surface area (Å²) in [5.74, 6) is 0. The van der Waals surface area contributed by atoms with Crippen molar-refractivity contribution >= 4 is 17.3 Å². The molecule has 40 valence electrons. The van der Waals surface area contributed by atoms with Crippen molar-refractivity contribution in [1.29, 1.82) is 0 Å². The van der Waals surface area contributed by atoms with Crippen LogP contribution in [-0.2, 0) is 0 Å². The Morgan fingerprint density at radius 1 is 1.88 bits per heavy atom. The number of hydrogen-bond acceptors (Lipinski definition) is 2. The number of rotatable bonds is 1. The molecular weight excluding hydrogens is 118 g/mol. The van der Waals surface area contributed by atoms with E-state index in [2.05, 4.69) is 17.1 Å². The van der Waals surface area contributed by atoms with Crippen LogP contribution in [0.1, 0.15) is 6.92 Å². The summed E-state index contributed by atoms with van der Waals surface area (Å²) in [5, 5.41) is 0. The molecule has 0 atom stereocenters. The number of allylic oxidation sites excluding steroid dienone is 2. The van der Waals surface area contributed by atoms with Crippen LogP contribution in [0.15, 0.2) is 28.2 Å². The zero-order valence-corrected chi connectivity index (χ0v) is 5.46. The minimum absolute atomic E-state index is 1.02. The maximum absolute atomic E-state index is 3.91. The molecule has 0 unspecified atom stereocenters. The van der Waals surface area contributed by atoms with Crippen molar-refractivity contribution < 1.29 is 0 Å². The molecule has 0 bridgehead atoms. The lowest BCUT2D eigenvalue weighted by atomic mass is 10.4. The van der Waals surface area contributed by atoms with Gasteiger partial charge >= 0.3 is 0 Å². The van der Waals surface area contributed by atoms with Gasteiger partial charge in [-0.3, -0.25) is 0 Å². The number of nitrogens with zero attached hydrogens (tertiary/aromatic N) is 1. The van der Waals surface area contributed by atoms with Gasteiger partial charge in [0.15, 0.2) is 0 Å². The average Bonchev–Trinajstić information content (AvgIpc) is 2.14. The molecule has 0 aromatic carbocycles. The van der Waals surface area contributed by atoms with Crippen LogP contribution in [0.25, 0.3) is 0 Å². The summed E-state index contributed by atoms with van der Waals surface area (Å²) in [4.78, 5) is 5.03. The summed E-state index contributed by atoms with van der Waals surface area (Å²) in [6, 6.07) is 0. The molecule has 0 saturated heterocycles. The Morgan fingerprint density at radius 2 is 2.62 bits per heavy atom. The van der Waals surface area contributed by atoms with Crippen molar-refractivity contribution in [2.75, 3.05) is 0 Å². The largest absolute Gasteiger partial charge is 0.272 e. The summed E-state index contributed by atoms with van der Waals surface area (Å²) >= 11 is 1.50. The lowest BCUT2D eigenvalue weighted by Crippen LogP contribution is -1.65. The standard InChI is InChI=1S/C6H6NS/c1-3-6-5(2)7-4-8-6/h3H,1H2,2H3/q+1. The molecule has 2 heteroatoms. The highest BCUT2D eigenvalue weighted by Gasteiger charge is 2.15. The van der Waals surface area contributed by atoms with Crippen molar-refractivity contribution in [2.45, 2.75) is 6.92 Å². The van der Waals surface area contributed by atoms with Crippen molar-refractivity contribution in [3.05, 3.63) is 23.3 Å². The second-order valence-corrected chi connectivity index (χ2v) is 2.29.